The van der Waals surface area contributed by atoms with Crippen LogP contribution < -0.4 is 16.6 Å². The number of fused-ring (bicyclic) bond motifs is 1. The van der Waals surface area contributed by atoms with Crippen LogP contribution in [0.1, 0.15) is 52.5 Å². The number of hydrogen-bond acceptors (Lipinski definition) is 7. The lowest BCUT2D eigenvalue weighted by Gasteiger charge is -2.18. The van der Waals surface area contributed by atoms with Gasteiger partial charge in [0.25, 0.3) is 11.5 Å². The lowest BCUT2D eigenvalue weighted by atomic mass is 10.2. The third-order valence-electron chi connectivity index (χ3n) is 5.41. The third-order valence-corrected chi connectivity index (χ3v) is 8.29. The maximum Gasteiger partial charge on any atom is 0.263 e. The van der Waals surface area contributed by atoms with Gasteiger partial charge in [0.1, 0.15) is 9.83 Å². The Morgan fingerprint density at radius 2 is 2.07 bits per heavy atom. The zero-order valence-corrected chi connectivity index (χ0v) is 19.1. The summed E-state index contributed by atoms with van der Waals surface area (Å²) in [5.41, 5.74) is 6.62. The van der Waals surface area contributed by atoms with Crippen LogP contribution in [-0.4, -0.2) is 27.1 Å². The Bertz CT molecular complexity index is 1190. The summed E-state index contributed by atoms with van der Waals surface area (Å²) in [6.07, 6.45) is 4.09. The molecule has 3 aromatic heterocycles. The van der Waals surface area contributed by atoms with Gasteiger partial charge in [-0.1, -0.05) is 24.6 Å². The van der Waals surface area contributed by atoms with E-state index in [1.807, 2.05) is 13.8 Å². The molecule has 2 amide bonds. The molecule has 1 fully saturated rings. The number of rotatable bonds is 6. The lowest BCUT2D eigenvalue weighted by Crippen LogP contribution is -2.27. The molecule has 3 N–H and O–H groups in total. The molecule has 0 aliphatic heterocycles. The first-order chi connectivity index (χ1) is 14.4. The first-order valence-corrected chi connectivity index (χ1v) is 12.4. The van der Waals surface area contributed by atoms with E-state index < -0.39 is 5.91 Å². The van der Waals surface area contributed by atoms with Crippen LogP contribution in [0.25, 0.3) is 10.2 Å². The van der Waals surface area contributed by atoms with Gasteiger partial charge in [0, 0.05) is 10.9 Å². The van der Waals surface area contributed by atoms with E-state index in [1.165, 1.54) is 34.4 Å². The van der Waals surface area contributed by atoms with Gasteiger partial charge in [-0.05, 0) is 43.7 Å². The summed E-state index contributed by atoms with van der Waals surface area (Å²) in [6, 6.07) is 1.71. The monoisotopic (exact) mass is 462 g/mol. The Balaban J connectivity index is 1.62. The van der Waals surface area contributed by atoms with Crippen LogP contribution in [-0.2, 0) is 4.79 Å². The minimum Gasteiger partial charge on any atom is -0.366 e. The summed E-state index contributed by atoms with van der Waals surface area (Å²) < 4.78 is 1.80. The summed E-state index contributed by atoms with van der Waals surface area (Å²) in [4.78, 5) is 43.9. The number of primary amides is 1. The van der Waals surface area contributed by atoms with E-state index in [-0.39, 0.29) is 23.3 Å². The van der Waals surface area contributed by atoms with Gasteiger partial charge in [-0.2, -0.15) is 0 Å². The highest BCUT2D eigenvalue weighted by atomic mass is 32.2. The molecule has 7 nitrogen and oxygen atoms in total. The number of thiophene rings is 2. The van der Waals surface area contributed by atoms with Crippen molar-refractivity contribution in [3.63, 3.8) is 0 Å². The van der Waals surface area contributed by atoms with E-state index in [2.05, 4.69) is 5.32 Å². The third kappa shape index (κ3) is 3.91. The Hall–Kier alpha value is -2.17. The van der Waals surface area contributed by atoms with E-state index in [0.717, 1.165) is 41.0 Å². The molecule has 158 valence electrons. The SMILES string of the molecule is Cc1sc2nc(SCC(=O)Nc3sccc3C(N)=O)n(C3CCCC3)c(=O)c2c1C. The topological polar surface area (TPSA) is 107 Å². The number of amides is 2. The average Bonchev–Trinajstić information content (AvgIpc) is 3.42. The van der Waals surface area contributed by atoms with Crippen molar-refractivity contribution < 1.29 is 9.59 Å². The van der Waals surface area contributed by atoms with Gasteiger partial charge in [-0.15, -0.1) is 22.7 Å². The van der Waals surface area contributed by atoms with Crippen LogP contribution in [0.4, 0.5) is 5.00 Å². The molecule has 0 aromatic carbocycles. The maximum absolute atomic E-state index is 13.4. The number of nitrogens with one attached hydrogen (secondary N) is 1. The molecule has 0 unspecified atom stereocenters. The number of nitrogens with zero attached hydrogens (tertiary/aromatic N) is 2. The van der Waals surface area contributed by atoms with Crippen LogP contribution in [0, 0.1) is 13.8 Å². The zero-order valence-electron chi connectivity index (χ0n) is 16.7. The Kier molecular flexibility index (Phi) is 5.99. The molecule has 1 saturated carbocycles. The lowest BCUT2D eigenvalue weighted by molar-refractivity contribution is -0.113. The van der Waals surface area contributed by atoms with Gasteiger partial charge in [-0.25, -0.2) is 4.98 Å². The molecule has 3 aromatic rings. The van der Waals surface area contributed by atoms with Crippen molar-refractivity contribution in [3.05, 3.63) is 37.8 Å². The van der Waals surface area contributed by atoms with Crippen molar-refractivity contribution in [1.29, 1.82) is 0 Å². The quantitative estimate of drug-likeness (QED) is 0.424. The second kappa shape index (κ2) is 8.52. The van der Waals surface area contributed by atoms with Gasteiger partial charge in [0.15, 0.2) is 5.16 Å². The van der Waals surface area contributed by atoms with Crippen molar-refractivity contribution in [3.8, 4) is 0 Å². The number of carbonyl (C=O) groups is 2. The number of nitrogens with two attached hydrogens (primary N) is 1. The fraction of sp³-hybridized carbons (Fsp3) is 0.400. The van der Waals surface area contributed by atoms with E-state index in [4.69, 9.17) is 10.7 Å². The summed E-state index contributed by atoms with van der Waals surface area (Å²) >= 11 is 4.02. The second-order valence-corrected chi connectivity index (χ2v) is 10.4. The first kappa shape index (κ1) is 21.1. The van der Waals surface area contributed by atoms with Crippen LogP contribution in [0.5, 0.6) is 0 Å². The van der Waals surface area contributed by atoms with Crippen molar-refractivity contribution in [2.75, 3.05) is 11.1 Å². The Morgan fingerprint density at radius 3 is 2.77 bits per heavy atom. The Morgan fingerprint density at radius 1 is 1.33 bits per heavy atom. The summed E-state index contributed by atoms with van der Waals surface area (Å²) in [5.74, 6) is -0.759. The highest BCUT2D eigenvalue weighted by Gasteiger charge is 2.25. The van der Waals surface area contributed by atoms with Crippen molar-refractivity contribution in [2.45, 2.75) is 50.7 Å². The van der Waals surface area contributed by atoms with E-state index in [9.17, 15) is 14.4 Å². The number of hydrogen-bond donors (Lipinski definition) is 2. The molecule has 1 aliphatic rings. The molecular weight excluding hydrogens is 440 g/mol. The highest BCUT2D eigenvalue weighted by molar-refractivity contribution is 7.99. The number of anilines is 1. The maximum atomic E-state index is 13.4. The minimum atomic E-state index is -0.579. The number of aryl methyl sites for hydroxylation is 2. The van der Waals surface area contributed by atoms with Gasteiger partial charge in [0.05, 0.1) is 16.7 Å². The summed E-state index contributed by atoms with van der Waals surface area (Å²) in [7, 11) is 0. The Labute approximate surface area is 185 Å². The molecule has 1 aliphatic carbocycles. The minimum absolute atomic E-state index is 0.00840. The largest absolute Gasteiger partial charge is 0.366 e. The molecule has 0 saturated heterocycles. The van der Waals surface area contributed by atoms with Gasteiger partial charge >= 0.3 is 0 Å². The molecule has 10 heteroatoms. The standard InChI is InChI=1S/C20H22N4O3S3/c1-10-11(2)30-18-15(10)19(27)24(12-5-3-4-6-12)20(23-18)29-9-14(25)22-17-13(16(21)26)7-8-28-17/h7-8,12H,3-6,9H2,1-2H3,(H2,21,26)(H,22,25). The van der Waals surface area contributed by atoms with Crippen LogP contribution in [0.2, 0.25) is 0 Å². The predicted molar refractivity (Wildman–Crippen MR) is 123 cm³/mol. The molecule has 30 heavy (non-hydrogen) atoms. The highest BCUT2D eigenvalue weighted by Crippen LogP contribution is 2.34. The number of thioether (sulfide) groups is 1. The normalized spacial score (nSPS) is 14.5. The average molecular weight is 463 g/mol. The molecule has 4 rings (SSSR count). The molecular formula is C20H22N4O3S3. The van der Waals surface area contributed by atoms with Gasteiger partial charge in [0.2, 0.25) is 5.91 Å². The number of carbonyl (C=O) groups excluding carboxylic acids is 2. The zero-order chi connectivity index (χ0) is 21.4. The van der Waals surface area contributed by atoms with Crippen molar-refractivity contribution in [1.82, 2.24) is 9.55 Å². The predicted octanol–water partition coefficient (Wildman–Crippen LogP) is 4.08. The van der Waals surface area contributed by atoms with E-state index in [1.54, 1.807) is 16.0 Å². The molecule has 0 spiro atoms. The van der Waals surface area contributed by atoms with Gasteiger partial charge in [-0.3, -0.25) is 19.0 Å². The fourth-order valence-corrected chi connectivity index (χ4v) is 6.51. The fourth-order valence-electron chi connectivity index (χ4n) is 3.77. The summed E-state index contributed by atoms with van der Waals surface area (Å²) in [6.45, 7) is 3.96. The molecule has 0 atom stereocenters. The summed E-state index contributed by atoms with van der Waals surface area (Å²) in [5, 5.41) is 6.16. The second-order valence-electron chi connectivity index (χ2n) is 7.34. The van der Waals surface area contributed by atoms with Crippen molar-refractivity contribution >= 4 is 61.5 Å². The van der Waals surface area contributed by atoms with Crippen LogP contribution in [0.3, 0.4) is 0 Å². The van der Waals surface area contributed by atoms with Crippen LogP contribution >= 0.6 is 34.4 Å². The smallest absolute Gasteiger partial charge is 0.263 e. The number of aromatic nitrogens is 2. The van der Waals surface area contributed by atoms with Crippen molar-refractivity contribution in [2.24, 2.45) is 5.73 Å². The van der Waals surface area contributed by atoms with Gasteiger partial charge < -0.3 is 11.1 Å². The van der Waals surface area contributed by atoms with Crippen LogP contribution in [0.15, 0.2) is 21.4 Å². The molecule has 0 bridgehead atoms. The molecule has 3 heterocycles. The van der Waals surface area contributed by atoms with E-state index in [0.29, 0.717) is 21.1 Å². The first-order valence-electron chi connectivity index (χ1n) is 9.69. The van der Waals surface area contributed by atoms with E-state index >= 15 is 0 Å². The molecule has 0 radical (unpaired) electrons.